The number of hydrogen-bond donors (Lipinski definition) is 1. The number of amides is 1. The van der Waals surface area contributed by atoms with E-state index in [1.165, 1.54) is 18.4 Å². The maximum Gasteiger partial charge on any atom is 0.253 e. The molecule has 2 heterocycles. The van der Waals surface area contributed by atoms with Gasteiger partial charge in [0.05, 0.1) is 5.69 Å². The van der Waals surface area contributed by atoms with Crippen molar-refractivity contribution in [1.82, 2.24) is 20.0 Å². The fourth-order valence-electron chi connectivity index (χ4n) is 3.99. The third-order valence-electron chi connectivity index (χ3n) is 5.63. The fourth-order valence-corrected chi connectivity index (χ4v) is 3.99. The predicted octanol–water partition coefficient (Wildman–Crippen LogP) is 3.82. The summed E-state index contributed by atoms with van der Waals surface area (Å²) in [5.41, 5.74) is 5.36. The maximum atomic E-state index is 12.9. The number of nitrogens with one attached hydrogen (secondary N) is 1. The smallest absolute Gasteiger partial charge is 0.253 e. The molecule has 146 valence electrons. The zero-order valence-electron chi connectivity index (χ0n) is 17.2. The Morgan fingerprint density at radius 2 is 2.00 bits per heavy atom. The lowest BCUT2D eigenvalue weighted by Gasteiger charge is -2.23. The van der Waals surface area contributed by atoms with Gasteiger partial charge in [-0.2, -0.15) is 5.10 Å². The molecule has 5 nitrogen and oxygen atoms in total. The van der Waals surface area contributed by atoms with Crippen LogP contribution in [0.2, 0.25) is 0 Å². The van der Waals surface area contributed by atoms with Crippen molar-refractivity contribution >= 4 is 5.91 Å². The van der Waals surface area contributed by atoms with Gasteiger partial charge in [0.15, 0.2) is 0 Å². The van der Waals surface area contributed by atoms with E-state index in [2.05, 4.69) is 43.3 Å². The van der Waals surface area contributed by atoms with Crippen molar-refractivity contribution in [3.05, 3.63) is 52.3 Å². The number of hydrogen-bond acceptors (Lipinski definition) is 3. The normalized spacial score (nSPS) is 17.3. The lowest BCUT2D eigenvalue weighted by molar-refractivity contribution is 0.0784. The Balaban J connectivity index is 1.70. The predicted molar refractivity (Wildman–Crippen MR) is 109 cm³/mol. The summed E-state index contributed by atoms with van der Waals surface area (Å²) >= 11 is 0. The molecule has 1 aliphatic heterocycles. The van der Waals surface area contributed by atoms with Gasteiger partial charge >= 0.3 is 0 Å². The zero-order valence-corrected chi connectivity index (χ0v) is 17.2. The summed E-state index contributed by atoms with van der Waals surface area (Å²) in [4.78, 5) is 14.7. The molecule has 27 heavy (non-hydrogen) atoms. The van der Waals surface area contributed by atoms with Crippen molar-refractivity contribution in [2.45, 2.75) is 59.0 Å². The lowest BCUT2D eigenvalue weighted by atomic mass is 9.91. The first-order valence-electron chi connectivity index (χ1n) is 9.99. The molecule has 2 aromatic rings. The van der Waals surface area contributed by atoms with Crippen molar-refractivity contribution < 1.29 is 4.79 Å². The van der Waals surface area contributed by atoms with Gasteiger partial charge in [0.2, 0.25) is 0 Å². The van der Waals surface area contributed by atoms with Crippen LogP contribution in [0.15, 0.2) is 24.3 Å². The highest BCUT2D eigenvalue weighted by molar-refractivity contribution is 5.94. The summed E-state index contributed by atoms with van der Waals surface area (Å²) in [5.74, 6) is 0.618. The second-order valence-corrected chi connectivity index (χ2v) is 8.01. The van der Waals surface area contributed by atoms with Gasteiger partial charge in [0, 0.05) is 43.0 Å². The van der Waals surface area contributed by atoms with Gasteiger partial charge < -0.3 is 10.2 Å². The van der Waals surface area contributed by atoms with E-state index in [0.29, 0.717) is 18.5 Å². The summed E-state index contributed by atoms with van der Waals surface area (Å²) in [6.07, 6.45) is 2.44. The quantitative estimate of drug-likeness (QED) is 0.873. The molecule has 0 bridgehead atoms. The molecule has 1 N–H and O–H groups in total. The van der Waals surface area contributed by atoms with Crippen LogP contribution in [0.3, 0.4) is 0 Å². The first-order chi connectivity index (χ1) is 12.9. The van der Waals surface area contributed by atoms with E-state index in [1.807, 2.05) is 30.8 Å². The number of piperidine rings is 1. The van der Waals surface area contributed by atoms with E-state index in [0.717, 1.165) is 35.6 Å². The van der Waals surface area contributed by atoms with Crippen LogP contribution in [-0.2, 0) is 6.54 Å². The van der Waals surface area contributed by atoms with Crippen LogP contribution in [-0.4, -0.2) is 40.7 Å². The van der Waals surface area contributed by atoms with Crippen molar-refractivity contribution in [3.8, 4) is 0 Å². The highest BCUT2D eigenvalue weighted by atomic mass is 16.2. The summed E-state index contributed by atoms with van der Waals surface area (Å²) < 4.78 is 2.04. The molecule has 0 saturated carbocycles. The van der Waals surface area contributed by atoms with E-state index in [1.54, 1.807) is 4.90 Å². The number of nitrogens with zero attached hydrogens (tertiary/aromatic N) is 3. The molecule has 3 rings (SSSR count). The van der Waals surface area contributed by atoms with Crippen LogP contribution in [0.5, 0.6) is 0 Å². The van der Waals surface area contributed by atoms with Crippen molar-refractivity contribution in [3.63, 3.8) is 0 Å². The minimum atomic E-state index is 0.0550. The lowest BCUT2D eigenvalue weighted by Crippen LogP contribution is -2.28. The highest BCUT2D eigenvalue weighted by Gasteiger charge is 2.19. The third kappa shape index (κ3) is 4.24. The minimum absolute atomic E-state index is 0.0550. The molecule has 1 amide bonds. The van der Waals surface area contributed by atoms with Crippen LogP contribution >= 0.6 is 0 Å². The molecule has 0 unspecified atom stereocenters. The molecule has 1 aliphatic rings. The van der Waals surface area contributed by atoms with E-state index in [-0.39, 0.29) is 5.91 Å². The average Bonchev–Trinajstić information content (AvgIpc) is 2.96. The summed E-state index contributed by atoms with van der Waals surface area (Å²) in [5, 5.41) is 8.08. The Morgan fingerprint density at radius 1 is 1.30 bits per heavy atom. The number of aromatic nitrogens is 2. The summed E-state index contributed by atoms with van der Waals surface area (Å²) in [7, 11) is 1.87. The topological polar surface area (TPSA) is 50.2 Å². The molecule has 1 atom stereocenters. The van der Waals surface area contributed by atoms with Crippen LogP contribution in [0, 0.1) is 13.8 Å². The molecule has 1 saturated heterocycles. The van der Waals surface area contributed by atoms with Crippen LogP contribution < -0.4 is 5.32 Å². The van der Waals surface area contributed by atoms with E-state index < -0.39 is 0 Å². The molecular formula is C22H32N4O. The van der Waals surface area contributed by atoms with Gasteiger partial charge in [-0.1, -0.05) is 12.1 Å². The number of carbonyl (C=O) groups excluding carboxylic acids is 1. The Bertz CT molecular complexity index is 785. The monoisotopic (exact) mass is 368 g/mol. The number of aryl methyl sites for hydroxylation is 1. The average molecular weight is 369 g/mol. The first-order valence-corrected chi connectivity index (χ1v) is 9.99. The van der Waals surface area contributed by atoms with Gasteiger partial charge in [0.1, 0.15) is 0 Å². The number of carbonyl (C=O) groups is 1. The molecule has 1 aromatic heterocycles. The van der Waals surface area contributed by atoms with E-state index >= 15 is 0 Å². The Labute approximate surface area is 162 Å². The molecule has 1 aromatic carbocycles. The molecule has 5 heteroatoms. The number of rotatable bonds is 5. The number of benzene rings is 1. The zero-order chi connectivity index (χ0) is 19.6. The molecule has 0 radical (unpaired) electrons. The molecular weight excluding hydrogens is 336 g/mol. The van der Waals surface area contributed by atoms with Crippen LogP contribution in [0.1, 0.15) is 71.5 Å². The van der Waals surface area contributed by atoms with Gasteiger partial charge in [-0.25, -0.2) is 0 Å². The van der Waals surface area contributed by atoms with Gasteiger partial charge in [0.25, 0.3) is 5.91 Å². The summed E-state index contributed by atoms with van der Waals surface area (Å²) in [6.45, 7) is 11.1. The first kappa shape index (κ1) is 19.6. The Kier molecular flexibility index (Phi) is 6.00. The van der Waals surface area contributed by atoms with Gasteiger partial charge in [-0.05, 0) is 70.7 Å². The van der Waals surface area contributed by atoms with Crippen molar-refractivity contribution in [2.24, 2.45) is 0 Å². The Hall–Kier alpha value is -2.14. The minimum Gasteiger partial charge on any atom is -0.337 e. The molecule has 1 fully saturated rings. The third-order valence-corrected chi connectivity index (χ3v) is 5.63. The van der Waals surface area contributed by atoms with Crippen LogP contribution in [0.4, 0.5) is 0 Å². The maximum absolute atomic E-state index is 12.9. The van der Waals surface area contributed by atoms with Crippen molar-refractivity contribution in [2.75, 3.05) is 20.1 Å². The Morgan fingerprint density at radius 3 is 2.56 bits per heavy atom. The van der Waals surface area contributed by atoms with Crippen LogP contribution in [0.25, 0.3) is 0 Å². The molecule has 0 aliphatic carbocycles. The van der Waals surface area contributed by atoms with Crippen molar-refractivity contribution in [1.29, 1.82) is 0 Å². The SMILES string of the molecule is Cc1nn(C(C)C)c(C)c1CN(C)C(=O)c1ccc([C@H]2CCCNC2)cc1. The molecule has 0 spiro atoms. The van der Waals surface area contributed by atoms with E-state index in [9.17, 15) is 4.79 Å². The largest absolute Gasteiger partial charge is 0.337 e. The highest BCUT2D eigenvalue weighted by Crippen LogP contribution is 2.24. The summed E-state index contributed by atoms with van der Waals surface area (Å²) in [6, 6.07) is 8.50. The van der Waals surface area contributed by atoms with Gasteiger partial charge in [-0.15, -0.1) is 0 Å². The second kappa shape index (κ2) is 8.26. The second-order valence-electron chi connectivity index (χ2n) is 8.01. The fraction of sp³-hybridized carbons (Fsp3) is 0.545. The van der Waals surface area contributed by atoms with E-state index in [4.69, 9.17) is 0 Å². The standard InChI is InChI=1S/C22H32N4O/c1-15(2)26-17(4)21(16(3)24-26)14-25(5)22(27)19-10-8-18(9-11-19)20-7-6-12-23-13-20/h8-11,15,20,23H,6-7,12-14H2,1-5H3/t20-/m0/s1. The van der Waals surface area contributed by atoms with Gasteiger partial charge in [-0.3, -0.25) is 9.48 Å².